The summed E-state index contributed by atoms with van der Waals surface area (Å²) in [5.74, 6) is -1.96. The van der Waals surface area contributed by atoms with Gasteiger partial charge in [-0.15, -0.1) is 0 Å². The Morgan fingerprint density at radius 3 is 2.47 bits per heavy atom. The SMILES string of the molecule is CCOC(=O)C1C(c2ccccc2)=NC(=S)NC1c1ccc(OCC(=O)[O-])c(OCC)c1. The molecule has 3 rings (SSSR count). The molecule has 2 aromatic carbocycles. The third-order valence-electron chi connectivity index (χ3n) is 4.71. The molecule has 2 atom stereocenters. The van der Waals surface area contributed by atoms with Crippen molar-refractivity contribution in [1.29, 1.82) is 0 Å². The molecule has 2 unspecified atom stereocenters. The number of nitrogens with one attached hydrogen (secondary N) is 1. The molecule has 9 heteroatoms. The van der Waals surface area contributed by atoms with Gasteiger partial charge in [-0.1, -0.05) is 36.4 Å². The van der Waals surface area contributed by atoms with Gasteiger partial charge in [-0.2, -0.15) is 0 Å². The third kappa shape index (κ3) is 5.42. The lowest BCUT2D eigenvalue weighted by Gasteiger charge is -2.32. The summed E-state index contributed by atoms with van der Waals surface area (Å²) in [4.78, 5) is 28.2. The minimum Gasteiger partial charge on any atom is -0.546 e. The van der Waals surface area contributed by atoms with Crippen molar-refractivity contribution in [3.05, 3.63) is 59.7 Å². The molecule has 1 heterocycles. The highest BCUT2D eigenvalue weighted by atomic mass is 32.1. The van der Waals surface area contributed by atoms with Crippen LogP contribution in [-0.4, -0.2) is 42.6 Å². The highest BCUT2D eigenvalue weighted by Gasteiger charge is 2.39. The zero-order valence-corrected chi connectivity index (χ0v) is 18.5. The van der Waals surface area contributed by atoms with Crippen molar-refractivity contribution in [3.63, 3.8) is 0 Å². The summed E-state index contributed by atoms with van der Waals surface area (Å²) in [5.41, 5.74) is 1.95. The standard InChI is InChI=1S/C23H24N2O6S/c1-3-29-17-12-15(10-11-16(17)31-13-18(26)27)21-19(22(28)30-4-2)20(24-23(32)25-21)14-8-6-5-7-9-14/h5-12,19,21H,3-4,13H2,1-2H3,(H,25,32)(H,26,27)/p-1. The van der Waals surface area contributed by atoms with Gasteiger partial charge in [0.25, 0.3) is 0 Å². The van der Waals surface area contributed by atoms with E-state index in [1.165, 1.54) is 0 Å². The average molecular weight is 456 g/mol. The van der Waals surface area contributed by atoms with Gasteiger partial charge in [0.1, 0.15) is 12.5 Å². The summed E-state index contributed by atoms with van der Waals surface area (Å²) < 4.78 is 16.3. The summed E-state index contributed by atoms with van der Waals surface area (Å²) in [5, 5.41) is 14.1. The molecule has 168 valence electrons. The molecular weight excluding hydrogens is 432 g/mol. The van der Waals surface area contributed by atoms with Gasteiger partial charge in [-0.25, -0.2) is 4.99 Å². The maximum atomic E-state index is 13.0. The quantitative estimate of drug-likeness (QED) is 0.450. The smallest absolute Gasteiger partial charge is 0.317 e. The molecule has 0 bridgehead atoms. The molecule has 1 aliphatic rings. The van der Waals surface area contributed by atoms with Crippen LogP contribution in [-0.2, 0) is 14.3 Å². The maximum absolute atomic E-state index is 13.0. The molecule has 0 spiro atoms. The Kier molecular flexibility index (Phi) is 7.77. The number of carboxylic acid groups (broad SMARTS) is 1. The van der Waals surface area contributed by atoms with Gasteiger partial charge in [0.05, 0.1) is 30.9 Å². The first-order valence-corrected chi connectivity index (χ1v) is 10.6. The van der Waals surface area contributed by atoms with Crippen molar-refractivity contribution in [3.8, 4) is 11.5 Å². The van der Waals surface area contributed by atoms with E-state index < -0.39 is 30.5 Å². The Bertz CT molecular complexity index is 1020. The predicted octanol–water partition coefficient (Wildman–Crippen LogP) is 1.81. The summed E-state index contributed by atoms with van der Waals surface area (Å²) in [7, 11) is 0. The van der Waals surface area contributed by atoms with Crippen LogP contribution in [0.3, 0.4) is 0 Å². The Morgan fingerprint density at radius 2 is 1.81 bits per heavy atom. The number of carbonyl (C=O) groups excluding carboxylic acids is 2. The number of hydrogen-bond acceptors (Lipinski definition) is 7. The monoisotopic (exact) mass is 455 g/mol. The van der Waals surface area contributed by atoms with Gasteiger partial charge < -0.3 is 29.4 Å². The number of hydrogen-bond donors (Lipinski definition) is 1. The van der Waals surface area contributed by atoms with Crippen LogP contribution < -0.4 is 19.9 Å². The number of ether oxygens (including phenoxy) is 3. The number of rotatable bonds is 9. The highest BCUT2D eigenvalue weighted by Crippen LogP contribution is 2.36. The molecule has 0 radical (unpaired) electrons. The summed E-state index contributed by atoms with van der Waals surface area (Å²) in [6, 6.07) is 13.7. The van der Waals surface area contributed by atoms with Gasteiger partial charge in [-0.3, -0.25) is 4.79 Å². The van der Waals surface area contributed by atoms with E-state index in [2.05, 4.69) is 10.3 Å². The van der Waals surface area contributed by atoms with Crippen molar-refractivity contribution >= 4 is 35.0 Å². The minimum absolute atomic E-state index is 0.217. The number of carboxylic acids is 1. The second kappa shape index (κ2) is 10.7. The normalized spacial score (nSPS) is 17.7. The molecular formula is C23H23N2O6S-. The summed E-state index contributed by atoms with van der Waals surface area (Å²) in [6.07, 6.45) is 0. The van der Waals surface area contributed by atoms with Crippen LogP contribution in [0.2, 0.25) is 0 Å². The van der Waals surface area contributed by atoms with Crippen LogP contribution in [0.4, 0.5) is 0 Å². The number of aliphatic imine (C=N–C) groups is 1. The Hall–Kier alpha value is -3.46. The van der Waals surface area contributed by atoms with Gasteiger partial charge >= 0.3 is 5.97 Å². The molecule has 2 aromatic rings. The first-order valence-electron chi connectivity index (χ1n) is 10.1. The fraction of sp³-hybridized carbons (Fsp3) is 0.304. The Labute approximate surface area is 191 Å². The zero-order valence-electron chi connectivity index (χ0n) is 17.7. The number of thiocarbonyl (C=S) groups is 1. The Morgan fingerprint density at radius 1 is 1.06 bits per heavy atom. The fourth-order valence-electron chi connectivity index (χ4n) is 3.44. The maximum Gasteiger partial charge on any atom is 0.317 e. The molecule has 0 amide bonds. The molecule has 0 saturated heterocycles. The van der Waals surface area contributed by atoms with E-state index in [1.54, 1.807) is 32.0 Å². The van der Waals surface area contributed by atoms with E-state index in [-0.39, 0.29) is 17.5 Å². The van der Waals surface area contributed by atoms with Crippen molar-refractivity contribution in [2.24, 2.45) is 10.9 Å². The molecule has 0 fully saturated rings. The molecule has 0 saturated carbocycles. The van der Waals surface area contributed by atoms with Gasteiger partial charge in [-0.05, 0) is 49.3 Å². The lowest BCUT2D eigenvalue weighted by molar-refractivity contribution is -0.307. The van der Waals surface area contributed by atoms with Crippen LogP contribution in [0.25, 0.3) is 0 Å². The van der Waals surface area contributed by atoms with Crippen LogP contribution >= 0.6 is 12.2 Å². The molecule has 32 heavy (non-hydrogen) atoms. The van der Waals surface area contributed by atoms with E-state index in [0.29, 0.717) is 23.6 Å². The number of benzene rings is 2. The van der Waals surface area contributed by atoms with Gasteiger partial charge in [0.2, 0.25) is 0 Å². The lowest BCUT2D eigenvalue weighted by Crippen LogP contribution is -2.45. The topological polar surface area (TPSA) is 109 Å². The summed E-state index contributed by atoms with van der Waals surface area (Å²) >= 11 is 5.37. The number of nitrogens with zero attached hydrogens (tertiary/aromatic N) is 1. The highest BCUT2D eigenvalue weighted by molar-refractivity contribution is 7.80. The average Bonchev–Trinajstić information content (AvgIpc) is 2.78. The largest absolute Gasteiger partial charge is 0.546 e. The van der Waals surface area contributed by atoms with Crippen LogP contribution in [0.1, 0.15) is 31.0 Å². The van der Waals surface area contributed by atoms with Crippen molar-refractivity contribution in [2.45, 2.75) is 19.9 Å². The molecule has 1 N–H and O–H groups in total. The van der Waals surface area contributed by atoms with E-state index in [4.69, 9.17) is 26.4 Å². The number of aliphatic carboxylic acids is 1. The number of esters is 1. The van der Waals surface area contributed by atoms with E-state index in [0.717, 1.165) is 5.56 Å². The first kappa shape index (κ1) is 23.2. The third-order valence-corrected chi connectivity index (χ3v) is 4.92. The summed E-state index contributed by atoms with van der Waals surface area (Å²) in [6.45, 7) is 3.48. The molecule has 0 aromatic heterocycles. The fourth-order valence-corrected chi connectivity index (χ4v) is 3.66. The van der Waals surface area contributed by atoms with Gasteiger partial charge in [0.15, 0.2) is 16.6 Å². The molecule has 8 nitrogen and oxygen atoms in total. The van der Waals surface area contributed by atoms with Crippen LogP contribution in [0.15, 0.2) is 53.5 Å². The van der Waals surface area contributed by atoms with E-state index >= 15 is 0 Å². The Balaban J connectivity index is 2.04. The van der Waals surface area contributed by atoms with Crippen LogP contribution in [0.5, 0.6) is 11.5 Å². The zero-order chi connectivity index (χ0) is 23.1. The second-order valence-corrected chi connectivity index (χ2v) is 7.21. The van der Waals surface area contributed by atoms with E-state index in [9.17, 15) is 14.7 Å². The second-order valence-electron chi connectivity index (χ2n) is 6.82. The minimum atomic E-state index is -1.35. The van der Waals surface area contributed by atoms with Crippen molar-refractivity contribution in [1.82, 2.24) is 5.32 Å². The van der Waals surface area contributed by atoms with Crippen LogP contribution in [0, 0.1) is 5.92 Å². The van der Waals surface area contributed by atoms with Crippen molar-refractivity contribution < 1.29 is 28.9 Å². The van der Waals surface area contributed by atoms with Crippen molar-refractivity contribution in [2.75, 3.05) is 19.8 Å². The predicted molar refractivity (Wildman–Crippen MR) is 120 cm³/mol. The molecule has 0 aliphatic carbocycles. The number of carbonyl (C=O) groups is 2. The van der Waals surface area contributed by atoms with E-state index in [1.807, 2.05) is 30.3 Å². The molecule has 1 aliphatic heterocycles. The first-order chi connectivity index (χ1) is 15.4. The van der Waals surface area contributed by atoms with Gasteiger partial charge in [0, 0.05) is 0 Å². The lowest BCUT2D eigenvalue weighted by atomic mass is 9.84.